The Morgan fingerprint density at radius 3 is 2.84 bits per heavy atom. The van der Waals surface area contributed by atoms with Crippen molar-refractivity contribution in [3.05, 3.63) is 17.0 Å². The van der Waals surface area contributed by atoms with Gasteiger partial charge in [0.1, 0.15) is 4.21 Å². The molecule has 9 heteroatoms. The van der Waals surface area contributed by atoms with Crippen LogP contribution < -0.4 is 15.4 Å². The van der Waals surface area contributed by atoms with E-state index in [9.17, 15) is 8.42 Å². The number of hydrogen-bond donors (Lipinski definition) is 3. The number of rotatable bonds is 7. The number of nitrogens with one attached hydrogen (secondary N) is 3. The molecular formula is C16H26N4O3S2. The van der Waals surface area contributed by atoms with Crippen molar-refractivity contribution in [1.82, 2.24) is 15.4 Å². The quantitative estimate of drug-likeness (QED) is 0.372. The molecule has 0 amide bonds. The first kappa shape index (κ1) is 18.6. The zero-order valence-corrected chi connectivity index (χ0v) is 16.3. The van der Waals surface area contributed by atoms with E-state index in [-0.39, 0.29) is 12.6 Å². The summed E-state index contributed by atoms with van der Waals surface area (Å²) < 4.78 is 33.2. The largest absolute Gasteiger partial charge is 0.373 e. The van der Waals surface area contributed by atoms with Crippen LogP contribution in [0.2, 0.25) is 0 Å². The lowest BCUT2D eigenvalue weighted by Gasteiger charge is -2.22. The average Bonchev–Trinajstić information content (AvgIpc) is 3.28. The molecule has 2 fully saturated rings. The van der Waals surface area contributed by atoms with Gasteiger partial charge in [-0.2, -0.15) is 0 Å². The Bertz CT molecular complexity index is 717. The Kier molecular flexibility index (Phi) is 5.98. The van der Waals surface area contributed by atoms with Crippen LogP contribution in [0.4, 0.5) is 0 Å². The fraction of sp³-hybridized carbons (Fsp3) is 0.688. The van der Waals surface area contributed by atoms with Gasteiger partial charge >= 0.3 is 0 Å². The molecule has 2 aliphatic rings. The van der Waals surface area contributed by atoms with Crippen LogP contribution in [-0.2, 0) is 14.8 Å². The molecule has 3 heterocycles. The smallest absolute Gasteiger partial charge is 0.250 e. The minimum absolute atomic E-state index is 0.267. The first-order chi connectivity index (χ1) is 12.0. The highest BCUT2D eigenvalue weighted by atomic mass is 32.2. The highest BCUT2D eigenvalue weighted by Gasteiger charge is 2.41. The minimum Gasteiger partial charge on any atom is -0.373 e. The van der Waals surface area contributed by atoms with Crippen molar-refractivity contribution in [2.75, 3.05) is 19.6 Å². The Labute approximate surface area is 153 Å². The summed E-state index contributed by atoms with van der Waals surface area (Å²) in [5, 5.41) is 6.63. The molecular weight excluding hydrogens is 360 g/mol. The molecule has 2 bridgehead atoms. The summed E-state index contributed by atoms with van der Waals surface area (Å²) in [4.78, 5) is 5.45. The number of sulfonamides is 1. The first-order valence-electron chi connectivity index (χ1n) is 8.74. The summed E-state index contributed by atoms with van der Waals surface area (Å²) in [6, 6.07) is 3.73. The van der Waals surface area contributed by atoms with Crippen molar-refractivity contribution in [2.24, 2.45) is 4.99 Å². The van der Waals surface area contributed by atoms with Crippen LogP contribution in [0.15, 0.2) is 21.3 Å². The summed E-state index contributed by atoms with van der Waals surface area (Å²) in [6.45, 7) is 5.30. The highest BCUT2D eigenvalue weighted by Crippen LogP contribution is 2.34. The summed E-state index contributed by atoms with van der Waals surface area (Å²) in [5.74, 6) is 0.717. The molecule has 1 aromatic rings. The van der Waals surface area contributed by atoms with Gasteiger partial charge in [0.05, 0.1) is 24.8 Å². The maximum absolute atomic E-state index is 12.2. The summed E-state index contributed by atoms with van der Waals surface area (Å²) in [7, 11) is -3.44. The number of thiophene rings is 1. The Morgan fingerprint density at radius 2 is 2.24 bits per heavy atom. The maximum Gasteiger partial charge on any atom is 0.250 e. The van der Waals surface area contributed by atoms with Gasteiger partial charge in [0.2, 0.25) is 10.0 Å². The van der Waals surface area contributed by atoms with Gasteiger partial charge in [-0.3, -0.25) is 4.99 Å². The maximum atomic E-state index is 12.2. The molecule has 0 saturated carbocycles. The number of nitrogens with zero attached hydrogens (tertiary/aromatic N) is 1. The van der Waals surface area contributed by atoms with Gasteiger partial charge < -0.3 is 15.4 Å². The van der Waals surface area contributed by atoms with Gasteiger partial charge in [-0.15, -0.1) is 11.3 Å². The predicted octanol–water partition coefficient (Wildman–Crippen LogP) is 1.21. The molecule has 2 aliphatic heterocycles. The number of ether oxygens (including phenoxy) is 1. The van der Waals surface area contributed by atoms with E-state index in [4.69, 9.17) is 4.74 Å². The molecule has 3 unspecified atom stereocenters. The van der Waals surface area contributed by atoms with E-state index in [1.54, 1.807) is 6.07 Å². The number of aliphatic imine (C=N–C) groups is 1. The first-order valence-corrected chi connectivity index (χ1v) is 11.0. The predicted molar refractivity (Wildman–Crippen MR) is 99.7 cm³/mol. The Balaban J connectivity index is 1.50. The lowest BCUT2D eigenvalue weighted by atomic mass is 9.96. The molecule has 3 N–H and O–H groups in total. The van der Waals surface area contributed by atoms with E-state index in [0.717, 1.165) is 36.6 Å². The van der Waals surface area contributed by atoms with Crippen molar-refractivity contribution < 1.29 is 13.2 Å². The molecule has 3 rings (SSSR count). The SMILES string of the molecule is CCNC(=NCCNS(=O)(=O)c1ccc(C)s1)NC1CC2CCC1O2. The number of aryl methyl sites for hydroxylation is 1. The van der Waals surface area contributed by atoms with Crippen LogP contribution in [0.5, 0.6) is 0 Å². The molecule has 7 nitrogen and oxygen atoms in total. The van der Waals surface area contributed by atoms with Gasteiger partial charge in [-0.25, -0.2) is 13.1 Å². The molecule has 3 atom stereocenters. The zero-order valence-electron chi connectivity index (χ0n) is 14.6. The molecule has 140 valence electrons. The van der Waals surface area contributed by atoms with Crippen molar-refractivity contribution in [2.45, 2.75) is 55.6 Å². The average molecular weight is 387 g/mol. The van der Waals surface area contributed by atoms with E-state index < -0.39 is 10.0 Å². The summed E-state index contributed by atoms with van der Waals surface area (Å²) >= 11 is 1.27. The van der Waals surface area contributed by atoms with Crippen molar-refractivity contribution in [1.29, 1.82) is 0 Å². The molecule has 2 saturated heterocycles. The van der Waals surface area contributed by atoms with E-state index in [1.807, 2.05) is 19.9 Å². The summed E-state index contributed by atoms with van der Waals surface area (Å²) in [5.41, 5.74) is 0. The third-order valence-electron chi connectivity index (χ3n) is 4.43. The monoisotopic (exact) mass is 386 g/mol. The molecule has 1 aromatic heterocycles. The van der Waals surface area contributed by atoms with E-state index >= 15 is 0 Å². The minimum atomic E-state index is -3.44. The second kappa shape index (κ2) is 8.03. The van der Waals surface area contributed by atoms with Crippen LogP contribution >= 0.6 is 11.3 Å². The Morgan fingerprint density at radius 1 is 1.40 bits per heavy atom. The van der Waals surface area contributed by atoms with E-state index in [2.05, 4.69) is 20.3 Å². The fourth-order valence-corrected chi connectivity index (χ4v) is 5.61. The second-order valence-electron chi connectivity index (χ2n) is 6.38. The highest BCUT2D eigenvalue weighted by molar-refractivity contribution is 7.91. The number of fused-ring (bicyclic) bond motifs is 2. The third kappa shape index (κ3) is 4.72. The van der Waals surface area contributed by atoms with Gasteiger partial charge in [0.25, 0.3) is 0 Å². The lowest BCUT2D eigenvalue weighted by Crippen LogP contribution is -2.47. The van der Waals surface area contributed by atoms with Crippen LogP contribution in [0.25, 0.3) is 0 Å². The topological polar surface area (TPSA) is 91.8 Å². The van der Waals surface area contributed by atoms with Gasteiger partial charge in [-0.05, 0) is 45.2 Å². The number of guanidine groups is 1. The molecule has 0 aliphatic carbocycles. The normalized spacial score (nSPS) is 26.2. The van der Waals surface area contributed by atoms with E-state index in [1.165, 1.54) is 11.3 Å². The molecule has 0 aromatic carbocycles. The molecule has 25 heavy (non-hydrogen) atoms. The second-order valence-corrected chi connectivity index (χ2v) is 9.67. The third-order valence-corrected chi connectivity index (χ3v) is 7.38. The fourth-order valence-electron chi connectivity index (χ4n) is 3.26. The lowest BCUT2D eigenvalue weighted by molar-refractivity contribution is 0.0992. The van der Waals surface area contributed by atoms with E-state index in [0.29, 0.717) is 22.9 Å². The van der Waals surface area contributed by atoms with Crippen LogP contribution in [0, 0.1) is 6.92 Å². The van der Waals surface area contributed by atoms with Crippen LogP contribution in [0.3, 0.4) is 0 Å². The molecule has 0 spiro atoms. The van der Waals surface area contributed by atoms with Crippen molar-refractivity contribution >= 4 is 27.3 Å². The zero-order chi connectivity index (χ0) is 17.9. The van der Waals surface area contributed by atoms with Crippen molar-refractivity contribution in [3.63, 3.8) is 0 Å². The van der Waals surface area contributed by atoms with Crippen molar-refractivity contribution in [3.8, 4) is 0 Å². The van der Waals surface area contributed by atoms with Gasteiger partial charge in [0.15, 0.2) is 5.96 Å². The molecule has 0 radical (unpaired) electrons. The van der Waals surface area contributed by atoms with Gasteiger partial charge in [-0.1, -0.05) is 0 Å². The van der Waals surface area contributed by atoms with Crippen LogP contribution in [0.1, 0.15) is 31.1 Å². The number of hydrogen-bond acceptors (Lipinski definition) is 5. The summed E-state index contributed by atoms with van der Waals surface area (Å²) in [6.07, 6.45) is 3.92. The Hall–Kier alpha value is -1.16. The van der Waals surface area contributed by atoms with Gasteiger partial charge in [0, 0.05) is 18.0 Å². The standard InChI is InChI=1S/C16H26N4O3S2/c1-3-17-16(20-13-10-12-5-6-14(13)23-12)18-8-9-19-25(21,22)15-7-4-11(2)24-15/h4,7,12-14,19H,3,5-6,8-10H2,1-2H3,(H2,17,18,20). The van der Waals surface area contributed by atoms with Crippen LogP contribution in [-0.4, -0.2) is 52.3 Å².